The van der Waals surface area contributed by atoms with Crippen LogP contribution in [-0.4, -0.2) is 29.6 Å². The standard InChI is InChI=1S/C15H16ClFN2O2S/c1-4-21-14(20)11-8(2)19(3)15(22)18-13(11)12-9(16)6-5-7-10(12)17/h5-7,13H,4H2,1-3H3,(H,18,22)/t13-/m1/s1. The maximum atomic E-state index is 14.3. The molecule has 1 aromatic carbocycles. The van der Waals surface area contributed by atoms with Gasteiger partial charge in [0.1, 0.15) is 5.82 Å². The Morgan fingerprint density at radius 2 is 2.23 bits per heavy atom. The van der Waals surface area contributed by atoms with E-state index in [0.717, 1.165) is 0 Å². The molecular formula is C15H16ClFN2O2S. The number of hydrogen-bond acceptors (Lipinski definition) is 3. The summed E-state index contributed by atoms with van der Waals surface area (Å²) in [6, 6.07) is 3.59. The zero-order valence-corrected chi connectivity index (χ0v) is 14.0. The molecule has 0 bridgehead atoms. The van der Waals surface area contributed by atoms with E-state index in [0.29, 0.717) is 16.4 Å². The van der Waals surface area contributed by atoms with Crippen molar-refractivity contribution >= 4 is 34.9 Å². The van der Waals surface area contributed by atoms with Crippen LogP contribution in [-0.2, 0) is 9.53 Å². The maximum Gasteiger partial charge on any atom is 0.338 e. The summed E-state index contributed by atoms with van der Waals surface area (Å²) in [4.78, 5) is 14.0. The van der Waals surface area contributed by atoms with E-state index in [-0.39, 0.29) is 17.2 Å². The number of nitrogens with one attached hydrogen (secondary N) is 1. The van der Waals surface area contributed by atoms with Gasteiger partial charge in [0.05, 0.1) is 18.2 Å². The Kier molecular flexibility index (Phi) is 5.03. The molecule has 7 heteroatoms. The second-order valence-corrected chi connectivity index (χ2v) is 5.59. The lowest BCUT2D eigenvalue weighted by Crippen LogP contribution is -2.46. The highest BCUT2D eigenvalue weighted by molar-refractivity contribution is 7.80. The largest absolute Gasteiger partial charge is 0.463 e. The van der Waals surface area contributed by atoms with Crippen LogP contribution in [0.2, 0.25) is 5.02 Å². The van der Waals surface area contributed by atoms with E-state index in [4.69, 9.17) is 28.6 Å². The number of halogens is 2. The van der Waals surface area contributed by atoms with Crippen LogP contribution in [0.1, 0.15) is 25.5 Å². The maximum absolute atomic E-state index is 14.3. The zero-order valence-electron chi connectivity index (χ0n) is 12.4. The van der Waals surface area contributed by atoms with E-state index in [1.807, 2.05) is 0 Å². The van der Waals surface area contributed by atoms with Crippen LogP contribution in [0.3, 0.4) is 0 Å². The number of carbonyl (C=O) groups excluding carboxylic acids is 1. The highest BCUT2D eigenvalue weighted by Gasteiger charge is 2.35. The highest BCUT2D eigenvalue weighted by atomic mass is 35.5. The quantitative estimate of drug-likeness (QED) is 0.675. The van der Waals surface area contributed by atoms with Gasteiger partial charge in [-0.1, -0.05) is 17.7 Å². The van der Waals surface area contributed by atoms with Crippen molar-refractivity contribution in [3.05, 3.63) is 45.9 Å². The fourth-order valence-electron chi connectivity index (χ4n) is 2.31. The SMILES string of the molecule is CCOC(=O)C1=C(C)N(C)C(=S)N[C@H]1c1c(F)cccc1Cl. The van der Waals surface area contributed by atoms with Crippen molar-refractivity contribution in [2.75, 3.05) is 13.7 Å². The fraction of sp³-hybridized carbons (Fsp3) is 0.333. The van der Waals surface area contributed by atoms with Gasteiger partial charge in [-0.2, -0.15) is 0 Å². The first-order valence-electron chi connectivity index (χ1n) is 6.74. The molecule has 0 unspecified atom stereocenters. The summed E-state index contributed by atoms with van der Waals surface area (Å²) < 4.78 is 19.3. The molecular weight excluding hydrogens is 327 g/mol. The number of benzene rings is 1. The molecule has 0 aliphatic carbocycles. The Balaban J connectivity index is 2.61. The van der Waals surface area contributed by atoms with Crippen LogP contribution in [0, 0.1) is 5.82 Å². The average Bonchev–Trinajstić information content (AvgIpc) is 2.45. The monoisotopic (exact) mass is 342 g/mol. The van der Waals surface area contributed by atoms with Gasteiger partial charge in [0, 0.05) is 23.3 Å². The van der Waals surface area contributed by atoms with Crippen molar-refractivity contribution in [1.29, 1.82) is 0 Å². The molecule has 2 rings (SSSR count). The Hall–Kier alpha value is -1.66. The molecule has 0 amide bonds. The third kappa shape index (κ3) is 2.94. The minimum absolute atomic E-state index is 0.182. The van der Waals surface area contributed by atoms with Gasteiger partial charge in [-0.3, -0.25) is 0 Å². The number of rotatable bonds is 3. The van der Waals surface area contributed by atoms with Gasteiger partial charge < -0.3 is 15.0 Å². The Labute approximate surface area is 138 Å². The highest BCUT2D eigenvalue weighted by Crippen LogP contribution is 2.35. The second kappa shape index (κ2) is 6.62. The number of ether oxygens (including phenoxy) is 1. The summed E-state index contributed by atoms with van der Waals surface area (Å²) in [5.41, 5.74) is 1.08. The normalized spacial score (nSPS) is 18.3. The van der Waals surface area contributed by atoms with Gasteiger partial charge in [-0.15, -0.1) is 0 Å². The van der Waals surface area contributed by atoms with Crippen LogP contribution in [0.4, 0.5) is 4.39 Å². The van der Waals surface area contributed by atoms with Gasteiger partial charge in [-0.25, -0.2) is 9.18 Å². The van der Waals surface area contributed by atoms with E-state index in [9.17, 15) is 9.18 Å². The topological polar surface area (TPSA) is 41.6 Å². The van der Waals surface area contributed by atoms with Crippen molar-refractivity contribution in [2.45, 2.75) is 19.9 Å². The van der Waals surface area contributed by atoms with Crippen molar-refractivity contribution < 1.29 is 13.9 Å². The molecule has 1 aromatic rings. The van der Waals surface area contributed by atoms with E-state index in [1.165, 1.54) is 12.1 Å². The predicted molar refractivity (Wildman–Crippen MR) is 87.0 cm³/mol. The first kappa shape index (κ1) is 16.7. The molecule has 0 fully saturated rings. The minimum atomic E-state index is -0.781. The van der Waals surface area contributed by atoms with Gasteiger partial charge in [0.15, 0.2) is 5.11 Å². The van der Waals surface area contributed by atoms with Crippen LogP contribution in [0.15, 0.2) is 29.5 Å². The molecule has 4 nitrogen and oxygen atoms in total. The smallest absolute Gasteiger partial charge is 0.338 e. The van der Waals surface area contributed by atoms with E-state index in [2.05, 4.69) is 5.32 Å². The third-order valence-electron chi connectivity index (χ3n) is 3.54. The predicted octanol–water partition coefficient (Wildman–Crippen LogP) is 3.18. The first-order chi connectivity index (χ1) is 10.4. The molecule has 0 radical (unpaired) electrons. The van der Waals surface area contributed by atoms with Gasteiger partial charge >= 0.3 is 5.97 Å². The van der Waals surface area contributed by atoms with Crippen LogP contribution >= 0.6 is 23.8 Å². The lowest BCUT2D eigenvalue weighted by atomic mass is 9.94. The fourth-order valence-corrected chi connectivity index (χ4v) is 2.84. The average molecular weight is 343 g/mol. The van der Waals surface area contributed by atoms with Crippen molar-refractivity contribution in [3.8, 4) is 0 Å². The minimum Gasteiger partial charge on any atom is -0.463 e. The van der Waals surface area contributed by atoms with E-state index < -0.39 is 17.8 Å². The van der Waals surface area contributed by atoms with Crippen molar-refractivity contribution in [1.82, 2.24) is 10.2 Å². The van der Waals surface area contributed by atoms with Gasteiger partial charge in [0.2, 0.25) is 0 Å². The van der Waals surface area contributed by atoms with Crippen molar-refractivity contribution in [2.24, 2.45) is 0 Å². The van der Waals surface area contributed by atoms with Crippen molar-refractivity contribution in [3.63, 3.8) is 0 Å². The van der Waals surface area contributed by atoms with Gasteiger partial charge in [-0.05, 0) is 38.2 Å². The first-order valence-corrected chi connectivity index (χ1v) is 7.53. The van der Waals surface area contributed by atoms with Crippen LogP contribution in [0.5, 0.6) is 0 Å². The lowest BCUT2D eigenvalue weighted by molar-refractivity contribution is -0.139. The molecule has 0 spiro atoms. The van der Waals surface area contributed by atoms with Crippen LogP contribution in [0.25, 0.3) is 0 Å². The summed E-state index contributed by atoms with van der Waals surface area (Å²) in [5.74, 6) is -1.03. The summed E-state index contributed by atoms with van der Waals surface area (Å²) in [6.45, 7) is 3.67. The summed E-state index contributed by atoms with van der Waals surface area (Å²) in [7, 11) is 1.73. The number of nitrogens with zero attached hydrogens (tertiary/aromatic N) is 1. The Bertz CT molecular complexity index is 643. The molecule has 0 aromatic heterocycles. The molecule has 1 N–H and O–H groups in total. The summed E-state index contributed by atoms with van der Waals surface area (Å²) in [6.07, 6.45) is 0. The van der Waals surface area contributed by atoms with E-state index >= 15 is 0 Å². The van der Waals surface area contributed by atoms with E-state index in [1.54, 1.807) is 31.9 Å². The number of carbonyl (C=O) groups is 1. The van der Waals surface area contributed by atoms with Crippen LogP contribution < -0.4 is 5.32 Å². The molecule has 1 heterocycles. The molecule has 1 aliphatic rings. The molecule has 1 aliphatic heterocycles. The molecule has 0 saturated heterocycles. The molecule has 0 saturated carbocycles. The Morgan fingerprint density at radius 1 is 1.55 bits per heavy atom. The second-order valence-electron chi connectivity index (χ2n) is 4.80. The molecule has 118 valence electrons. The summed E-state index contributed by atoms with van der Waals surface area (Å²) >= 11 is 11.4. The number of thiocarbonyl (C=S) groups is 1. The molecule has 22 heavy (non-hydrogen) atoms. The molecule has 1 atom stereocenters. The number of allylic oxidation sites excluding steroid dienone is 1. The Morgan fingerprint density at radius 3 is 2.82 bits per heavy atom. The number of hydrogen-bond donors (Lipinski definition) is 1. The third-order valence-corrected chi connectivity index (χ3v) is 4.26. The van der Waals surface area contributed by atoms with Gasteiger partial charge in [0.25, 0.3) is 0 Å². The lowest BCUT2D eigenvalue weighted by Gasteiger charge is -2.35. The summed E-state index contributed by atoms with van der Waals surface area (Å²) in [5, 5.41) is 3.56. The zero-order chi connectivity index (χ0) is 16.4. The number of esters is 1.